The van der Waals surface area contributed by atoms with Gasteiger partial charge in [0, 0.05) is 11.8 Å². The highest BCUT2D eigenvalue weighted by atomic mass is 16.6. The summed E-state index contributed by atoms with van der Waals surface area (Å²) in [7, 11) is 0. The molecule has 0 aliphatic carbocycles. The first kappa shape index (κ1) is 19.0. The summed E-state index contributed by atoms with van der Waals surface area (Å²) in [4.78, 5) is 42.1. The van der Waals surface area contributed by atoms with Gasteiger partial charge in [0.1, 0.15) is 24.8 Å². The Morgan fingerprint density at radius 1 is 1.25 bits per heavy atom. The molecular weight excluding hydrogens is 368 g/mol. The average Bonchev–Trinajstić information content (AvgIpc) is 2.65. The quantitative estimate of drug-likeness (QED) is 0.442. The average molecular weight is 388 g/mol. The first-order valence-electron chi connectivity index (χ1n) is 8.55. The first-order chi connectivity index (χ1) is 13.4. The van der Waals surface area contributed by atoms with E-state index >= 15 is 0 Å². The Kier molecular flexibility index (Phi) is 5.34. The van der Waals surface area contributed by atoms with Crippen molar-refractivity contribution in [3.8, 4) is 11.5 Å². The van der Waals surface area contributed by atoms with E-state index in [4.69, 9.17) is 20.9 Å². The van der Waals surface area contributed by atoms with Crippen LogP contribution < -0.4 is 37.1 Å². The van der Waals surface area contributed by atoms with Crippen molar-refractivity contribution in [1.29, 1.82) is 0 Å². The second-order valence-electron chi connectivity index (χ2n) is 5.99. The molecule has 1 aliphatic heterocycles. The molecule has 3 rings (SSSR count). The van der Waals surface area contributed by atoms with Gasteiger partial charge in [-0.2, -0.15) is 4.98 Å². The number of H-pyrrole nitrogens is 1. The maximum Gasteiger partial charge on any atom is 0.267 e. The van der Waals surface area contributed by atoms with Gasteiger partial charge in [-0.1, -0.05) is 6.92 Å². The Hall–Kier alpha value is -3.76. The molecule has 0 radical (unpaired) electrons. The third-order valence-electron chi connectivity index (χ3n) is 4.03. The molecule has 11 nitrogen and oxygen atoms in total. The molecule has 0 fully saturated rings. The number of aromatic amines is 1. The molecule has 11 heteroatoms. The van der Waals surface area contributed by atoms with Crippen LogP contribution in [0, 0.1) is 0 Å². The van der Waals surface area contributed by atoms with Crippen LogP contribution in [0.5, 0.6) is 11.5 Å². The highest BCUT2D eigenvalue weighted by molar-refractivity contribution is 5.98. The van der Waals surface area contributed by atoms with Crippen LogP contribution in [-0.2, 0) is 4.79 Å². The number of anilines is 3. The Labute approximate surface area is 159 Å². The van der Waals surface area contributed by atoms with E-state index in [9.17, 15) is 14.4 Å². The highest BCUT2D eigenvalue weighted by Crippen LogP contribution is 2.33. The molecule has 1 aromatic carbocycles. The molecule has 2 heterocycles. The van der Waals surface area contributed by atoms with Crippen molar-refractivity contribution < 1.29 is 19.1 Å². The molecule has 1 atom stereocenters. The van der Waals surface area contributed by atoms with Crippen LogP contribution in [0.3, 0.4) is 0 Å². The summed E-state index contributed by atoms with van der Waals surface area (Å²) in [6, 6.07) is 4.26. The van der Waals surface area contributed by atoms with Gasteiger partial charge in [0.2, 0.25) is 11.9 Å². The van der Waals surface area contributed by atoms with E-state index < -0.39 is 23.4 Å². The second-order valence-corrected chi connectivity index (χ2v) is 5.99. The van der Waals surface area contributed by atoms with Crippen molar-refractivity contribution >= 4 is 29.3 Å². The summed E-state index contributed by atoms with van der Waals surface area (Å²) < 4.78 is 11.0. The van der Waals surface area contributed by atoms with Gasteiger partial charge in [-0.3, -0.25) is 19.4 Å². The van der Waals surface area contributed by atoms with E-state index in [1.54, 1.807) is 25.1 Å². The number of amides is 2. The number of nitrogens with one attached hydrogen (secondary N) is 3. The minimum Gasteiger partial charge on any atom is -0.486 e. The topological polar surface area (TPSA) is 174 Å². The minimum absolute atomic E-state index is 0.0271. The lowest BCUT2D eigenvalue weighted by molar-refractivity contribution is -0.118. The zero-order valence-electron chi connectivity index (χ0n) is 15.1. The van der Waals surface area contributed by atoms with Crippen molar-refractivity contribution in [2.45, 2.75) is 19.4 Å². The van der Waals surface area contributed by atoms with Crippen molar-refractivity contribution in [1.82, 2.24) is 9.97 Å². The number of carbonyl (C=O) groups is 2. The summed E-state index contributed by atoms with van der Waals surface area (Å²) in [5.74, 6) is -0.566. The maximum atomic E-state index is 12.3. The zero-order chi connectivity index (χ0) is 20.3. The van der Waals surface area contributed by atoms with Crippen LogP contribution in [-0.4, -0.2) is 41.0 Å². The minimum atomic E-state index is -0.956. The van der Waals surface area contributed by atoms with Gasteiger partial charge in [-0.05, 0) is 18.6 Å². The molecule has 2 amide bonds. The fourth-order valence-corrected chi connectivity index (χ4v) is 2.66. The van der Waals surface area contributed by atoms with Crippen molar-refractivity contribution in [2.24, 2.45) is 11.5 Å². The first-order valence-corrected chi connectivity index (χ1v) is 8.55. The van der Waals surface area contributed by atoms with Crippen LogP contribution in [0.25, 0.3) is 0 Å². The SMILES string of the molecule is CC[C@@H](Nc1nc(Nc2ccc3c(c2)OCCO3)c(C(N)=O)c(=O)[nH]1)C(N)=O. The van der Waals surface area contributed by atoms with Crippen LogP contribution in [0.4, 0.5) is 17.5 Å². The van der Waals surface area contributed by atoms with Crippen LogP contribution in [0.15, 0.2) is 23.0 Å². The number of benzene rings is 1. The van der Waals surface area contributed by atoms with E-state index in [0.29, 0.717) is 36.8 Å². The smallest absolute Gasteiger partial charge is 0.267 e. The summed E-state index contributed by atoms with van der Waals surface area (Å²) in [5.41, 5.74) is 10.0. The van der Waals surface area contributed by atoms with Gasteiger partial charge in [-0.15, -0.1) is 0 Å². The van der Waals surface area contributed by atoms with Crippen molar-refractivity contribution in [3.05, 3.63) is 34.1 Å². The van der Waals surface area contributed by atoms with Gasteiger partial charge in [0.15, 0.2) is 17.3 Å². The van der Waals surface area contributed by atoms with Crippen LogP contribution in [0.2, 0.25) is 0 Å². The van der Waals surface area contributed by atoms with Gasteiger partial charge in [0.25, 0.3) is 11.5 Å². The predicted molar refractivity (Wildman–Crippen MR) is 101 cm³/mol. The molecule has 0 bridgehead atoms. The number of primary amides is 2. The van der Waals surface area contributed by atoms with E-state index in [-0.39, 0.29) is 17.3 Å². The maximum absolute atomic E-state index is 12.3. The van der Waals surface area contributed by atoms with Crippen molar-refractivity contribution in [2.75, 3.05) is 23.8 Å². The third kappa shape index (κ3) is 3.98. The van der Waals surface area contributed by atoms with Gasteiger partial charge >= 0.3 is 0 Å². The lowest BCUT2D eigenvalue weighted by Gasteiger charge is -2.19. The standard InChI is InChI=1S/C17H20N6O5/c1-2-9(13(18)24)21-17-22-15(12(14(19)25)16(26)23-17)20-8-3-4-10-11(7-8)28-6-5-27-10/h3-4,7,9H,2,5-6H2,1H3,(H2,18,24)(H2,19,25)(H3,20,21,22,23,26)/t9-/m1/s1. The highest BCUT2D eigenvalue weighted by Gasteiger charge is 2.20. The van der Waals surface area contributed by atoms with Gasteiger partial charge < -0.3 is 31.6 Å². The van der Waals surface area contributed by atoms with E-state index in [1.807, 2.05) is 0 Å². The number of fused-ring (bicyclic) bond motifs is 1. The molecule has 0 saturated carbocycles. The number of hydrogen-bond donors (Lipinski definition) is 5. The van der Waals surface area contributed by atoms with E-state index in [1.165, 1.54) is 0 Å². The Morgan fingerprint density at radius 3 is 2.61 bits per heavy atom. The molecule has 1 aromatic heterocycles. The number of carbonyl (C=O) groups excluding carboxylic acids is 2. The fraction of sp³-hybridized carbons (Fsp3) is 0.294. The summed E-state index contributed by atoms with van der Waals surface area (Å²) >= 11 is 0. The Balaban J connectivity index is 1.97. The van der Waals surface area contributed by atoms with Crippen LogP contribution in [0.1, 0.15) is 23.7 Å². The normalized spacial score (nSPS) is 13.5. The molecule has 0 spiro atoms. The fourth-order valence-electron chi connectivity index (χ4n) is 2.66. The number of nitrogens with zero attached hydrogens (tertiary/aromatic N) is 1. The third-order valence-corrected chi connectivity index (χ3v) is 4.03. The van der Waals surface area contributed by atoms with E-state index in [0.717, 1.165) is 0 Å². The summed E-state index contributed by atoms with van der Waals surface area (Å²) in [5, 5.41) is 5.62. The Morgan fingerprint density at radius 2 is 1.96 bits per heavy atom. The largest absolute Gasteiger partial charge is 0.486 e. The lowest BCUT2D eigenvalue weighted by atomic mass is 10.2. The number of rotatable bonds is 7. The molecule has 148 valence electrons. The molecule has 7 N–H and O–H groups in total. The zero-order valence-corrected chi connectivity index (χ0v) is 15.1. The molecule has 1 aliphatic rings. The molecular formula is C17H20N6O5. The number of nitrogens with two attached hydrogens (primary N) is 2. The molecule has 0 unspecified atom stereocenters. The van der Waals surface area contributed by atoms with Gasteiger partial charge in [-0.25, -0.2) is 0 Å². The predicted octanol–water partition coefficient (Wildman–Crippen LogP) is 0.0594. The second kappa shape index (κ2) is 7.86. The molecule has 2 aromatic rings. The summed E-state index contributed by atoms with van der Waals surface area (Å²) in [6.07, 6.45) is 0.377. The van der Waals surface area contributed by atoms with Crippen molar-refractivity contribution in [3.63, 3.8) is 0 Å². The summed E-state index contributed by atoms with van der Waals surface area (Å²) in [6.45, 7) is 2.60. The number of aromatic nitrogens is 2. The number of ether oxygens (including phenoxy) is 2. The Bertz CT molecular complexity index is 973. The number of hydrogen-bond acceptors (Lipinski definition) is 8. The molecule has 28 heavy (non-hydrogen) atoms. The molecule has 0 saturated heterocycles. The lowest BCUT2D eigenvalue weighted by Crippen LogP contribution is -2.36. The van der Waals surface area contributed by atoms with E-state index in [2.05, 4.69) is 20.6 Å². The van der Waals surface area contributed by atoms with Gasteiger partial charge in [0.05, 0.1) is 0 Å². The van der Waals surface area contributed by atoms with Crippen LogP contribution >= 0.6 is 0 Å². The monoisotopic (exact) mass is 388 g/mol.